The molecular formula is C19H24Y+. The van der Waals surface area contributed by atoms with Crippen LogP contribution in [0.2, 0.25) is 0 Å². The van der Waals surface area contributed by atoms with Gasteiger partial charge in [0.1, 0.15) is 0 Å². The number of rotatable bonds is 4. The molecule has 0 spiro atoms. The van der Waals surface area contributed by atoms with Gasteiger partial charge in [0, 0.05) is 0 Å². The standard InChI is InChI=1S/C12H17.C7H7.Y/c1-3-11(4-2)10-12-8-6-5-7-9-12;1-7-5-3-2-4-6-7;/h6-9,11H,3-4,10H2,1-2H3;3-6H,1H3;/q2*-1;+3. The van der Waals surface area contributed by atoms with Gasteiger partial charge >= 0.3 is 32.7 Å². The normalized spacial score (nSPS) is 9.40. The predicted octanol–water partition coefficient (Wildman–Crippen LogP) is 5.26. The molecular weight excluding hydrogens is 317 g/mol. The molecule has 2 aromatic carbocycles. The zero-order chi connectivity index (χ0) is 13.9. The van der Waals surface area contributed by atoms with Crippen molar-refractivity contribution in [3.05, 3.63) is 71.8 Å². The predicted molar refractivity (Wildman–Crippen MR) is 83.1 cm³/mol. The molecule has 0 radical (unpaired) electrons. The molecule has 20 heavy (non-hydrogen) atoms. The molecule has 0 unspecified atom stereocenters. The summed E-state index contributed by atoms with van der Waals surface area (Å²) in [5.41, 5.74) is 2.74. The van der Waals surface area contributed by atoms with Crippen molar-refractivity contribution in [3.63, 3.8) is 0 Å². The van der Waals surface area contributed by atoms with E-state index < -0.39 is 0 Å². The van der Waals surface area contributed by atoms with Crippen LogP contribution in [0.1, 0.15) is 37.8 Å². The first-order valence-corrected chi connectivity index (χ1v) is 7.14. The van der Waals surface area contributed by atoms with Gasteiger partial charge in [-0.3, -0.25) is 0 Å². The molecule has 0 aliphatic heterocycles. The van der Waals surface area contributed by atoms with E-state index >= 15 is 0 Å². The molecule has 0 fully saturated rings. The van der Waals surface area contributed by atoms with Crippen molar-refractivity contribution in [3.8, 4) is 0 Å². The Kier molecular flexibility index (Phi) is 12.0. The van der Waals surface area contributed by atoms with E-state index in [1.54, 1.807) is 0 Å². The Morgan fingerprint density at radius 2 is 1.30 bits per heavy atom. The van der Waals surface area contributed by atoms with Gasteiger partial charge in [0.15, 0.2) is 0 Å². The summed E-state index contributed by atoms with van der Waals surface area (Å²) in [6.45, 7) is 6.60. The minimum absolute atomic E-state index is 0. The molecule has 0 N–H and O–H groups in total. The first-order valence-electron chi connectivity index (χ1n) is 7.14. The number of hydrogen-bond acceptors (Lipinski definition) is 0. The quantitative estimate of drug-likeness (QED) is 0.666. The molecule has 0 aliphatic carbocycles. The fraction of sp³-hybridized carbons (Fsp3) is 0.368. The van der Waals surface area contributed by atoms with Crippen LogP contribution < -0.4 is 0 Å². The van der Waals surface area contributed by atoms with E-state index in [0.717, 1.165) is 5.92 Å². The number of benzene rings is 2. The summed E-state index contributed by atoms with van der Waals surface area (Å²) in [6, 6.07) is 22.2. The van der Waals surface area contributed by atoms with Crippen LogP contribution >= 0.6 is 0 Å². The first kappa shape index (κ1) is 19.5. The third kappa shape index (κ3) is 8.66. The Hall–Kier alpha value is -0.456. The summed E-state index contributed by atoms with van der Waals surface area (Å²) in [4.78, 5) is 0. The van der Waals surface area contributed by atoms with E-state index in [2.05, 4.69) is 45.0 Å². The Morgan fingerprint density at radius 1 is 0.850 bits per heavy atom. The van der Waals surface area contributed by atoms with Crippen LogP contribution in [0.5, 0.6) is 0 Å². The maximum atomic E-state index is 3.04. The number of aryl methyl sites for hydroxylation is 1. The molecule has 0 atom stereocenters. The zero-order valence-electron chi connectivity index (χ0n) is 12.9. The van der Waals surface area contributed by atoms with Crippen molar-refractivity contribution >= 4 is 0 Å². The van der Waals surface area contributed by atoms with Gasteiger partial charge in [0.25, 0.3) is 0 Å². The Morgan fingerprint density at radius 3 is 1.65 bits per heavy atom. The topological polar surface area (TPSA) is 0 Å². The van der Waals surface area contributed by atoms with Crippen LogP contribution in [0, 0.1) is 25.0 Å². The molecule has 0 saturated carbocycles. The van der Waals surface area contributed by atoms with Gasteiger partial charge < -0.3 is 0 Å². The maximum Gasteiger partial charge on any atom is 3.00 e. The summed E-state index contributed by atoms with van der Waals surface area (Å²) < 4.78 is 0. The first-order chi connectivity index (χ1) is 9.26. The van der Waals surface area contributed by atoms with E-state index in [1.807, 2.05) is 36.4 Å². The van der Waals surface area contributed by atoms with Gasteiger partial charge in [-0.05, 0) is 12.3 Å². The Balaban J connectivity index is 0.000000387. The molecule has 2 rings (SSSR count). The van der Waals surface area contributed by atoms with Gasteiger partial charge in [-0.1, -0.05) is 33.6 Å². The average molecular weight is 341 g/mol. The molecule has 1 heteroatoms. The van der Waals surface area contributed by atoms with Crippen molar-refractivity contribution in [2.45, 2.75) is 40.0 Å². The van der Waals surface area contributed by atoms with Crippen molar-refractivity contribution in [2.24, 2.45) is 5.92 Å². The third-order valence-electron chi connectivity index (χ3n) is 3.35. The van der Waals surface area contributed by atoms with Crippen molar-refractivity contribution in [2.75, 3.05) is 0 Å². The Bertz CT molecular complexity index is 418. The molecule has 102 valence electrons. The van der Waals surface area contributed by atoms with E-state index in [-0.39, 0.29) is 32.7 Å². The van der Waals surface area contributed by atoms with Gasteiger partial charge in [0.05, 0.1) is 0 Å². The van der Waals surface area contributed by atoms with Crippen LogP contribution in [0.4, 0.5) is 0 Å². The van der Waals surface area contributed by atoms with E-state index in [9.17, 15) is 0 Å². The molecule has 0 amide bonds. The van der Waals surface area contributed by atoms with Crippen LogP contribution in [0.15, 0.2) is 48.5 Å². The fourth-order valence-corrected chi connectivity index (χ4v) is 1.94. The smallest absolute Gasteiger partial charge is 0.184 e. The van der Waals surface area contributed by atoms with E-state index in [1.165, 1.54) is 30.4 Å². The molecule has 0 heterocycles. The third-order valence-corrected chi connectivity index (χ3v) is 3.35. The van der Waals surface area contributed by atoms with Crippen LogP contribution in [-0.2, 0) is 39.1 Å². The van der Waals surface area contributed by atoms with Crippen LogP contribution in [0.25, 0.3) is 0 Å². The molecule has 0 bridgehead atoms. The van der Waals surface area contributed by atoms with Crippen LogP contribution in [0.3, 0.4) is 0 Å². The summed E-state index contributed by atoms with van der Waals surface area (Å²) in [5.74, 6) is 0.854. The second-order valence-electron chi connectivity index (χ2n) is 4.87. The summed E-state index contributed by atoms with van der Waals surface area (Å²) in [5, 5.41) is 0. The van der Waals surface area contributed by atoms with Crippen molar-refractivity contribution in [1.29, 1.82) is 0 Å². The van der Waals surface area contributed by atoms with Gasteiger partial charge in [-0.25, -0.2) is 0 Å². The number of hydrogen-bond donors (Lipinski definition) is 0. The maximum absolute atomic E-state index is 3.04. The van der Waals surface area contributed by atoms with Gasteiger partial charge in [-0.15, -0.1) is 0 Å². The average Bonchev–Trinajstić information content (AvgIpc) is 2.47. The van der Waals surface area contributed by atoms with Gasteiger partial charge in [0.2, 0.25) is 0 Å². The van der Waals surface area contributed by atoms with E-state index in [0.29, 0.717) is 0 Å². The van der Waals surface area contributed by atoms with E-state index in [4.69, 9.17) is 0 Å². The molecule has 0 aliphatic rings. The summed E-state index contributed by atoms with van der Waals surface area (Å²) >= 11 is 0. The summed E-state index contributed by atoms with van der Waals surface area (Å²) in [6.07, 6.45) is 3.80. The SMILES string of the molecule is CCC(CC)Cc1cc[c-]cc1.Cc1cc[c-]cc1.[Y+3]. The van der Waals surface area contributed by atoms with Crippen LogP contribution in [-0.4, -0.2) is 0 Å². The largest absolute Gasteiger partial charge is 3.00 e. The second-order valence-corrected chi connectivity index (χ2v) is 4.87. The molecule has 0 nitrogen and oxygen atoms in total. The molecule has 2 aromatic rings. The Labute approximate surface area is 149 Å². The minimum atomic E-state index is 0. The zero-order valence-corrected chi connectivity index (χ0v) is 15.7. The van der Waals surface area contributed by atoms with Gasteiger partial charge in [-0.2, -0.15) is 71.8 Å². The monoisotopic (exact) mass is 341 g/mol. The van der Waals surface area contributed by atoms with Crippen molar-refractivity contribution in [1.82, 2.24) is 0 Å². The molecule has 0 saturated heterocycles. The second kappa shape index (κ2) is 12.3. The summed E-state index contributed by atoms with van der Waals surface area (Å²) in [7, 11) is 0. The van der Waals surface area contributed by atoms with Crippen molar-refractivity contribution < 1.29 is 32.7 Å². The molecule has 0 aromatic heterocycles. The minimum Gasteiger partial charge on any atom is -0.184 e. The fourth-order valence-electron chi connectivity index (χ4n) is 1.94.